The van der Waals surface area contributed by atoms with Crippen LogP contribution in [0.25, 0.3) is 0 Å². The summed E-state index contributed by atoms with van der Waals surface area (Å²) in [4.78, 5) is 37.2. The van der Waals surface area contributed by atoms with Crippen LogP contribution in [-0.4, -0.2) is 50.6 Å². The molecule has 1 fully saturated rings. The minimum atomic E-state index is -0.601. The summed E-state index contributed by atoms with van der Waals surface area (Å²) in [5, 5.41) is 5.29. The first-order valence-corrected chi connectivity index (χ1v) is 9.39. The highest BCUT2D eigenvalue weighted by atomic mass is 16.5. The lowest BCUT2D eigenvalue weighted by molar-refractivity contribution is -0.117. The lowest BCUT2D eigenvalue weighted by atomic mass is 10.1. The molecule has 0 bridgehead atoms. The third kappa shape index (κ3) is 5.79. The number of rotatable bonds is 7. The highest BCUT2D eigenvalue weighted by Gasteiger charge is 2.12. The molecule has 3 amide bonds. The number of morpholine rings is 1. The molecule has 2 aromatic rings. The molecule has 1 aliphatic heterocycles. The predicted molar refractivity (Wildman–Crippen MR) is 109 cm³/mol. The Balaban J connectivity index is 1.51. The number of hydrogen-bond acceptors (Lipinski definition) is 5. The van der Waals surface area contributed by atoms with Crippen molar-refractivity contribution in [2.75, 3.05) is 37.7 Å². The van der Waals surface area contributed by atoms with Gasteiger partial charge in [-0.3, -0.25) is 14.4 Å². The Hall–Kier alpha value is -3.39. The fourth-order valence-electron chi connectivity index (χ4n) is 2.97. The van der Waals surface area contributed by atoms with E-state index in [4.69, 9.17) is 10.5 Å². The van der Waals surface area contributed by atoms with Crippen LogP contribution in [0.3, 0.4) is 0 Å². The lowest BCUT2D eigenvalue weighted by Crippen LogP contribution is -2.36. The SMILES string of the molecule is NC(=O)CNC(=O)c1ccc(CNC(=O)c2ccc(N3CCOCC3)cc2)cc1. The van der Waals surface area contributed by atoms with Crippen LogP contribution in [-0.2, 0) is 16.1 Å². The van der Waals surface area contributed by atoms with E-state index in [1.807, 2.05) is 24.3 Å². The number of benzene rings is 2. The second-order valence-electron chi connectivity index (χ2n) is 6.67. The van der Waals surface area contributed by atoms with Crippen molar-refractivity contribution in [1.29, 1.82) is 0 Å². The smallest absolute Gasteiger partial charge is 0.251 e. The number of carbonyl (C=O) groups excluding carboxylic acids is 3. The van der Waals surface area contributed by atoms with E-state index >= 15 is 0 Å². The summed E-state index contributed by atoms with van der Waals surface area (Å²) in [7, 11) is 0. The molecule has 152 valence electrons. The maximum Gasteiger partial charge on any atom is 0.251 e. The van der Waals surface area contributed by atoms with Gasteiger partial charge in [0, 0.05) is 36.4 Å². The summed E-state index contributed by atoms with van der Waals surface area (Å²) in [6, 6.07) is 14.3. The number of hydrogen-bond donors (Lipinski definition) is 3. The molecular weight excluding hydrogens is 372 g/mol. The minimum absolute atomic E-state index is 0.165. The summed E-state index contributed by atoms with van der Waals surface area (Å²) >= 11 is 0. The van der Waals surface area contributed by atoms with Gasteiger partial charge in [-0.25, -0.2) is 0 Å². The molecule has 1 saturated heterocycles. The van der Waals surface area contributed by atoms with Crippen molar-refractivity contribution in [3.63, 3.8) is 0 Å². The third-order valence-electron chi connectivity index (χ3n) is 4.60. The van der Waals surface area contributed by atoms with Crippen LogP contribution in [0.5, 0.6) is 0 Å². The monoisotopic (exact) mass is 396 g/mol. The van der Waals surface area contributed by atoms with Gasteiger partial charge in [0.25, 0.3) is 11.8 Å². The molecule has 2 aromatic carbocycles. The van der Waals surface area contributed by atoms with Crippen molar-refractivity contribution in [1.82, 2.24) is 10.6 Å². The fraction of sp³-hybridized carbons (Fsp3) is 0.286. The highest BCUT2D eigenvalue weighted by Crippen LogP contribution is 2.16. The van der Waals surface area contributed by atoms with E-state index < -0.39 is 5.91 Å². The van der Waals surface area contributed by atoms with E-state index in [0.717, 1.165) is 24.3 Å². The highest BCUT2D eigenvalue weighted by molar-refractivity contribution is 5.96. The molecule has 3 rings (SSSR count). The number of ether oxygens (including phenoxy) is 1. The van der Waals surface area contributed by atoms with Crippen LogP contribution >= 0.6 is 0 Å². The van der Waals surface area contributed by atoms with Gasteiger partial charge in [0.15, 0.2) is 0 Å². The van der Waals surface area contributed by atoms with Crippen LogP contribution in [0.1, 0.15) is 26.3 Å². The molecule has 29 heavy (non-hydrogen) atoms. The van der Waals surface area contributed by atoms with Crippen LogP contribution in [0.15, 0.2) is 48.5 Å². The lowest BCUT2D eigenvalue weighted by Gasteiger charge is -2.28. The zero-order chi connectivity index (χ0) is 20.6. The van der Waals surface area contributed by atoms with Gasteiger partial charge in [0.05, 0.1) is 19.8 Å². The number of anilines is 1. The van der Waals surface area contributed by atoms with Gasteiger partial charge in [0.2, 0.25) is 5.91 Å². The Bertz CT molecular complexity index is 859. The first kappa shape index (κ1) is 20.3. The van der Waals surface area contributed by atoms with Crippen LogP contribution in [0.2, 0.25) is 0 Å². The van der Waals surface area contributed by atoms with Gasteiger partial charge in [-0.2, -0.15) is 0 Å². The summed E-state index contributed by atoms with van der Waals surface area (Å²) in [6.45, 7) is 3.26. The van der Waals surface area contributed by atoms with Crippen molar-refractivity contribution in [3.05, 3.63) is 65.2 Å². The third-order valence-corrected chi connectivity index (χ3v) is 4.60. The number of nitrogens with zero attached hydrogens (tertiary/aromatic N) is 1. The average molecular weight is 396 g/mol. The van der Waals surface area contributed by atoms with Crippen molar-refractivity contribution in [2.45, 2.75) is 6.54 Å². The summed E-state index contributed by atoms with van der Waals surface area (Å²) in [5.74, 6) is -1.14. The van der Waals surface area contributed by atoms with Gasteiger partial charge in [-0.15, -0.1) is 0 Å². The molecule has 0 atom stereocenters. The number of primary amides is 1. The molecular formula is C21H24N4O4. The van der Waals surface area contributed by atoms with Gasteiger partial charge < -0.3 is 26.0 Å². The Morgan fingerprint density at radius 3 is 2.00 bits per heavy atom. The topological polar surface area (TPSA) is 114 Å². The second-order valence-corrected chi connectivity index (χ2v) is 6.67. The van der Waals surface area contributed by atoms with Crippen molar-refractivity contribution >= 4 is 23.4 Å². The number of carbonyl (C=O) groups is 3. The first-order valence-electron chi connectivity index (χ1n) is 9.39. The summed E-state index contributed by atoms with van der Waals surface area (Å²) in [5.41, 5.74) is 7.94. The minimum Gasteiger partial charge on any atom is -0.378 e. The van der Waals surface area contributed by atoms with Crippen LogP contribution in [0.4, 0.5) is 5.69 Å². The summed E-state index contributed by atoms with van der Waals surface area (Å²) < 4.78 is 5.35. The molecule has 8 heteroatoms. The molecule has 0 radical (unpaired) electrons. The Morgan fingerprint density at radius 2 is 1.41 bits per heavy atom. The van der Waals surface area contributed by atoms with Crippen LogP contribution in [0, 0.1) is 0 Å². The largest absolute Gasteiger partial charge is 0.378 e. The number of nitrogens with one attached hydrogen (secondary N) is 2. The molecule has 1 aliphatic rings. The molecule has 0 saturated carbocycles. The van der Waals surface area contributed by atoms with Gasteiger partial charge in [-0.1, -0.05) is 12.1 Å². The zero-order valence-electron chi connectivity index (χ0n) is 16.0. The molecule has 0 unspecified atom stereocenters. The Labute approximate surface area is 169 Å². The molecule has 0 aromatic heterocycles. The maximum atomic E-state index is 12.4. The van der Waals surface area contributed by atoms with E-state index in [9.17, 15) is 14.4 Å². The predicted octanol–water partition coefficient (Wildman–Crippen LogP) is 0.668. The molecule has 1 heterocycles. The average Bonchev–Trinajstić information content (AvgIpc) is 2.77. The normalized spacial score (nSPS) is 13.6. The van der Waals surface area contributed by atoms with Crippen molar-refractivity contribution < 1.29 is 19.1 Å². The van der Waals surface area contributed by atoms with E-state index in [1.165, 1.54) is 0 Å². The molecule has 0 spiro atoms. The van der Waals surface area contributed by atoms with Gasteiger partial charge >= 0.3 is 0 Å². The number of nitrogens with two attached hydrogens (primary N) is 1. The van der Waals surface area contributed by atoms with Gasteiger partial charge in [-0.05, 0) is 42.0 Å². The number of amides is 3. The van der Waals surface area contributed by atoms with Crippen LogP contribution < -0.4 is 21.3 Å². The first-order chi connectivity index (χ1) is 14.0. The quantitative estimate of drug-likeness (QED) is 0.637. The van der Waals surface area contributed by atoms with Gasteiger partial charge in [0.1, 0.15) is 0 Å². The molecule has 8 nitrogen and oxygen atoms in total. The second kappa shape index (κ2) is 9.70. The standard InChI is InChI=1S/C21H24N4O4/c22-19(26)14-24-21(28)16-3-1-15(2-4-16)13-23-20(27)17-5-7-18(8-6-17)25-9-11-29-12-10-25/h1-8H,9-14H2,(H2,22,26)(H,23,27)(H,24,28). The van der Waals surface area contributed by atoms with E-state index in [1.54, 1.807) is 24.3 Å². The van der Waals surface area contributed by atoms with Crippen molar-refractivity contribution in [3.8, 4) is 0 Å². The molecule has 0 aliphatic carbocycles. The van der Waals surface area contributed by atoms with E-state index in [-0.39, 0.29) is 18.4 Å². The zero-order valence-corrected chi connectivity index (χ0v) is 16.0. The summed E-state index contributed by atoms with van der Waals surface area (Å²) in [6.07, 6.45) is 0. The fourth-order valence-corrected chi connectivity index (χ4v) is 2.97. The van der Waals surface area contributed by atoms with E-state index in [2.05, 4.69) is 15.5 Å². The van der Waals surface area contributed by atoms with Crippen molar-refractivity contribution in [2.24, 2.45) is 5.73 Å². The maximum absolute atomic E-state index is 12.4. The van der Waals surface area contributed by atoms with E-state index in [0.29, 0.717) is 30.9 Å². The molecule has 4 N–H and O–H groups in total. The Morgan fingerprint density at radius 1 is 0.862 bits per heavy atom. The Kier molecular flexibility index (Phi) is 6.80.